The van der Waals surface area contributed by atoms with Gasteiger partial charge in [-0.15, -0.1) is 0 Å². The Morgan fingerprint density at radius 2 is 2.11 bits per heavy atom. The molecule has 3 aromatic rings. The Morgan fingerprint density at radius 3 is 2.89 bits per heavy atom. The number of carbonyl (C=O) groups is 1. The number of benzene rings is 1. The van der Waals surface area contributed by atoms with E-state index in [1.54, 1.807) is 24.3 Å². The molecule has 0 amide bonds. The van der Waals surface area contributed by atoms with Gasteiger partial charge in [0, 0.05) is 17.0 Å². The number of phenols is 1. The highest BCUT2D eigenvalue weighted by atomic mass is 16.4. The first-order valence-corrected chi connectivity index (χ1v) is 5.24. The molecule has 0 aliphatic heterocycles. The molecule has 6 nitrogen and oxygen atoms in total. The van der Waals surface area contributed by atoms with Crippen LogP contribution in [0.4, 0.5) is 0 Å². The molecule has 1 aromatic carbocycles. The summed E-state index contributed by atoms with van der Waals surface area (Å²) in [6.45, 7) is 0. The Morgan fingerprint density at radius 1 is 1.28 bits per heavy atom. The highest BCUT2D eigenvalue weighted by Gasteiger charge is 2.15. The molecular formula is C12H9N3O3. The minimum atomic E-state index is -1.04. The number of fused-ring (bicyclic) bond motifs is 1. The molecular weight excluding hydrogens is 234 g/mol. The molecule has 0 aliphatic rings. The smallest absolute Gasteiger partial charge is 0.339 e. The summed E-state index contributed by atoms with van der Waals surface area (Å²) in [4.78, 5) is 14.1. The van der Waals surface area contributed by atoms with Crippen molar-refractivity contribution in [2.75, 3.05) is 0 Å². The summed E-state index contributed by atoms with van der Waals surface area (Å²) in [6.07, 6.45) is 1.26. The highest BCUT2D eigenvalue weighted by Crippen LogP contribution is 2.27. The third-order valence-corrected chi connectivity index (χ3v) is 2.75. The van der Waals surface area contributed by atoms with Crippen LogP contribution in [0.3, 0.4) is 0 Å². The molecule has 2 aromatic heterocycles. The van der Waals surface area contributed by atoms with Crippen LogP contribution in [-0.2, 0) is 0 Å². The molecule has 0 fully saturated rings. The number of aromatic carboxylic acids is 1. The monoisotopic (exact) mass is 243 g/mol. The van der Waals surface area contributed by atoms with Gasteiger partial charge in [0.1, 0.15) is 11.3 Å². The molecule has 0 unspecified atom stereocenters. The second-order valence-corrected chi connectivity index (χ2v) is 3.92. The van der Waals surface area contributed by atoms with Crippen molar-refractivity contribution in [3.63, 3.8) is 0 Å². The van der Waals surface area contributed by atoms with Crippen molar-refractivity contribution in [2.24, 2.45) is 0 Å². The number of aromatic hydroxyl groups is 1. The Balaban J connectivity index is 2.19. The van der Waals surface area contributed by atoms with E-state index in [9.17, 15) is 9.90 Å². The summed E-state index contributed by atoms with van der Waals surface area (Å²) in [7, 11) is 0. The first kappa shape index (κ1) is 10.4. The molecule has 0 saturated carbocycles. The zero-order valence-corrected chi connectivity index (χ0v) is 9.14. The Kier molecular flexibility index (Phi) is 2.09. The quantitative estimate of drug-likeness (QED) is 0.552. The van der Waals surface area contributed by atoms with Crippen molar-refractivity contribution < 1.29 is 15.0 Å². The van der Waals surface area contributed by atoms with Crippen LogP contribution < -0.4 is 0 Å². The predicted molar refractivity (Wildman–Crippen MR) is 64.5 cm³/mol. The van der Waals surface area contributed by atoms with Crippen LogP contribution in [0.25, 0.3) is 22.3 Å². The molecule has 2 heterocycles. The standard InChI is InChI=1S/C12H9N3O3/c16-7-2-1-6-3-10(14-9(6)4-7)11-8(12(17)18)5-13-15-11/h1-5,14,16H,(H,13,15)(H,17,18). The van der Waals surface area contributed by atoms with Gasteiger partial charge in [0.25, 0.3) is 0 Å². The highest BCUT2D eigenvalue weighted by molar-refractivity contribution is 5.96. The molecule has 4 N–H and O–H groups in total. The Bertz CT molecular complexity index is 742. The summed E-state index contributed by atoms with van der Waals surface area (Å²) in [5.41, 5.74) is 1.87. The van der Waals surface area contributed by atoms with E-state index in [1.807, 2.05) is 0 Å². The van der Waals surface area contributed by atoms with Gasteiger partial charge >= 0.3 is 5.97 Å². The van der Waals surface area contributed by atoms with Crippen molar-refractivity contribution in [3.05, 3.63) is 36.0 Å². The molecule has 18 heavy (non-hydrogen) atoms. The van der Waals surface area contributed by atoms with Gasteiger partial charge in [0.2, 0.25) is 0 Å². The van der Waals surface area contributed by atoms with Gasteiger partial charge in [0.05, 0.1) is 17.6 Å². The lowest BCUT2D eigenvalue weighted by Gasteiger charge is -1.94. The fourth-order valence-electron chi connectivity index (χ4n) is 1.90. The summed E-state index contributed by atoms with van der Waals surface area (Å²) < 4.78 is 0. The summed E-state index contributed by atoms with van der Waals surface area (Å²) in [5, 5.41) is 25.7. The van der Waals surface area contributed by atoms with Crippen molar-refractivity contribution >= 4 is 16.9 Å². The fourth-order valence-corrected chi connectivity index (χ4v) is 1.90. The Hall–Kier alpha value is -2.76. The van der Waals surface area contributed by atoms with Crippen molar-refractivity contribution in [1.29, 1.82) is 0 Å². The van der Waals surface area contributed by atoms with E-state index in [0.717, 1.165) is 10.9 Å². The number of aromatic nitrogens is 3. The number of nitrogens with one attached hydrogen (secondary N) is 2. The predicted octanol–water partition coefficient (Wildman–Crippen LogP) is 1.96. The molecule has 0 atom stereocenters. The number of rotatable bonds is 2. The maximum atomic E-state index is 11.0. The van der Waals surface area contributed by atoms with Crippen molar-refractivity contribution in [1.82, 2.24) is 15.2 Å². The second-order valence-electron chi connectivity index (χ2n) is 3.92. The maximum Gasteiger partial charge on any atom is 0.339 e. The maximum absolute atomic E-state index is 11.0. The summed E-state index contributed by atoms with van der Waals surface area (Å²) >= 11 is 0. The second kappa shape index (κ2) is 3.63. The first-order chi connectivity index (χ1) is 8.65. The number of H-pyrrole nitrogens is 2. The van der Waals surface area contributed by atoms with E-state index in [2.05, 4.69) is 15.2 Å². The minimum Gasteiger partial charge on any atom is -0.508 e. The minimum absolute atomic E-state index is 0.103. The van der Waals surface area contributed by atoms with Crippen LogP contribution in [-0.4, -0.2) is 31.4 Å². The van der Waals surface area contributed by atoms with Crippen LogP contribution in [0.5, 0.6) is 5.75 Å². The van der Waals surface area contributed by atoms with Crippen LogP contribution >= 0.6 is 0 Å². The molecule has 0 radical (unpaired) electrons. The number of hydrogen-bond donors (Lipinski definition) is 4. The molecule has 90 valence electrons. The number of hydrogen-bond acceptors (Lipinski definition) is 3. The van der Waals surface area contributed by atoms with Crippen LogP contribution in [0, 0.1) is 0 Å². The zero-order valence-electron chi connectivity index (χ0n) is 9.14. The molecule has 0 spiro atoms. The zero-order chi connectivity index (χ0) is 12.7. The number of nitrogens with zero attached hydrogens (tertiary/aromatic N) is 1. The van der Waals surface area contributed by atoms with Crippen LogP contribution in [0.15, 0.2) is 30.5 Å². The van der Waals surface area contributed by atoms with Crippen LogP contribution in [0.2, 0.25) is 0 Å². The topological polar surface area (TPSA) is 102 Å². The Labute approximate surface area is 101 Å². The van der Waals surface area contributed by atoms with Gasteiger partial charge in [-0.25, -0.2) is 4.79 Å². The lowest BCUT2D eigenvalue weighted by atomic mass is 10.2. The first-order valence-electron chi connectivity index (χ1n) is 5.24. The van der Waals surface area contributed by atoms with Crippen molar-refractivity contribution in [3.8, 4) is 17.1 Å². The number of phenolic OH excluding ortho intramolecular Hbond substituents is 1. The van der Waals surface area contributed by atoms with E-state index in [-0.39, 0.29) is 11.3 Å². The van der Waals surface area contributed by atoms with E-state index >= 15 is 0 Å². The molecule has 0 aliphatic carbocycles. The van der Waals surface area contributed by atoms with Gasteiger partial charge in [-0.05, 0) is 18.2 Å². The SMILES string of the molecule is O=C(O)c1cn[nH]c1-c1cc2ccc(O)cc2[nH]1. The van der Waals surface area contributed by atoms with Gasteiger partial charge in [0.15, 0.2) is 0 Å². The van der Waals surface area contributed by atoms with Gasteiger partial charge in [-0.3, -0.25) is 5.10 Å². The van der Waals surface area contributed by atoms with E-state index in [4.69, 9.17) is 5.11 Å². The molecule has 0 bridgehead atoms. The van der Waals surface area contributed by atoms with Gasteiger partial charge < -0.3 is 15.2 Å². The normalized spacial score (nSPS) is 10.9. The molecule has 6 heteroatoms. The summed E-state index contributed by atoms with van der Waals surface area (Å²) in [5.74, 6) is -0.890. The third kappa shape index (κ3) is 1.51. The van der Waals surface area contributed by atoms with E-state index < -0.39 is 5.97 Å². The number of carboxylic acids is 1. The van der Waals surface area contributed by atoms with E-state index in [1.165, 1.54) is 6.20 Å². The van der Waals surface area contributed by atoms with Crippen molar-refractivity contribution in [2.45, 2.75) is 0 Å². The average Bonchev–Trinajstić information content (AvgIpc) is 2.93. The fraction of sp³-hybridized carbons (Fsp3) is 0. The molecule has 3 rings (SSSR count). The van der Waals surface area contributed by atoms with E-state index in [0.29, 0.717) is 11.4 Å². The van der Waals surface area contributed by atoms with Gasteiger partial charge in [-0.1, -0.05) is 0 Å². The van der Waals surface area contributed by atoms with Crippen LogP contribution in [0.1, 0.15) is 10.4 Å². The largest absolute Gasteiger partial charge is 0.508 e. The number of carboxylic acid groups (broad SMARTS) is 1. The number of aromatic amines is 2. The third-order valence-electron chi connectivity index (χ3n) is 2.75. The lowest BCUT2D eigenvalue weighted by molar-refractivity contribution is 0.0698. The lowest BCUT2D eigenvalue weighted by Crippen LogP contribution is -1.96. The molecule has 0 saturated heterocycles. The summed E-state index contributed by atoms with van der Waals surface area (Å²) in [6, 6.07) is 6.71. The average molecular weight is 243 g/mol. The van der Waals surface area contributed by atoms with Gasteiger partial charge in [-0.2, -0.15) is 5.10 Å².